The highest BCUT2D eigenvalue weighted by Gasteiger charge is 2.44. The van der Waals surface area contributed by atoms with E-state index in [4.69, 9.17) is 4.74 Å². The second-order valence-corrected chi connectivity index (χ2v) is 4.79. The molecule has 20 heavy (non-hydrogen) atoms. The summed E-state index contributed by atoms with van der Waals surface area (Å²) < 4.78 is 5.38. The fourth-order valence-corrected chi connectivity index (χ4v) is 2.88. The standard InChI is InChI=1S/C15H20N2O3/c1-4-17-13(18)9-11(15(19)16-2)14(17)10-7-5-6-8-12(10)20-3/h5-8,11,14H,4,9H2,1-3H3,(H,16,19)/t11-,14+/m1/s1. The van der Waals surface area contributed by atoms with Crippen LogP contribution in [0, 0.1) is 5.92 Å². The third-order valence-electron chi connectivity index (χ3n) is 3.81. The molecule has 1 N–H and O–H groups in total. The van der Waals surface area contributed by atoms with Crippen LogP contribution in [-0.4, -0.2) is 37.4 Å². The maximum Gasteiger partial charge on any atom is 0.225 e. The summed E-state index contributed by atoms with van der Waals surface area (Å²) in [7, 11) is 3.20. The van der Waals surface area contributed by atoms with Crippen molar-refractivity contribution in [1.29, 1.82) is 0 Å². The molecule has 0 radical (unpaired) electrons. The van der Waals surface area contributed by atoms with Gasteiger partial charge in [0.25, 0.3) is 0 Å². The Morgan fingerprint density at radius 2 is 2.15 bits per heavy atom. The Labute approximate surface area is 118 Å². The fraction of sp³-hybridized carbons (Fsp3) is 0.467. The summed E-state index contributed by atoms with van der Waals surface area (Å²) >= 11 is 0. The third kappa shape index (κ3) is 2.35. The van der Waals surface area contributed by atoms with Crippen molar-refractivity contribution < 1.29 is 14.3 Å². The molecule has 1 aromatic carbocycles. The molecule has 2 amide bonds. The fourth-order valence-electron chi connectivity index (χ4n) is 2.88. The first-order chi connectivity index (χ1) is 9.63. The zero-order valence-electron chi connectivity index (χ0n) is 12.1. The minimum Gasteiger partial charge on any atom is -0.496 e. The number of nitrogens with zero attached hydrogens (tertiary/aromatic N) is 1. The van der Waals surface area contributed by atoms with Gasteiger partial charge >= 0.3 is 0 Å². The Morgan fingerprint density at radius 3 is 2.75 bits per heavy atom. The van der Waals surface area contributed by atoms with Crippen LogP contribution in [0.2, 0.25) is 0 Å². The van der Waals surface area contributed by atoms with Gasteiger partial charge in [0.05, 0.1) is 19.1 Å². The number of ether oxygens (including phenoxy) is 1. The molecule has 0 aliphatic carbocycles. The first-order valence-corrected chi connectivity index (χ1v) is 6.78. The normalized spacial score (nSPS) is 21.9. The van der Waals surface area contributed by atoms with Crippen molar-refractivity contribution in [2.75, 3.05) is 20.7 Å². The SMILES string of the molecule is CCN1C(=O)C[C@@H](C(=O)NC)[C@@H]1c1ccccc1OC. The van der Waals surface area contributed by atoms with Crippen LogP contribution in [0.1, 0.15) is 24.9 Å². The number of carbonyl (C=O) groups is 2. The highest BCUT2D eigenvalue weighted by Crippen LogP contribution is 2.41. The van der Waals surface area contributed by atoms with Crippen LogP contribution in [0.3, 0.4) is 0 Å². The molecule has 0 unspecified atom stereocenters. The van der Waals surface area contributed by atoms with Gasteiger partial charge in [-0.2, -0.15) is 0 Å². The molecular weight excluding hydrogens is 256 g/mol. The van der Waals surface area contributed by atoms with Crippen LogP contribution < -0.4 is 10.1 Å². The largest absolute Gasteiger partial charge is 0.496 e. The summed E-state index contributed by atoms with van der Waals surface area (Å²) in [6, 6.07) is 7.29. The van der Waals surface area contributed by atoms with Crippen molar-refractivity contribution in [3.63, 3.8) is 0 Å². The molecular formula is C15H20N2O3. The van der Waals surface area contributed by atoms with E-state index in [1.807, 2.05) is 31.2 Å². The number of hydrogen-bond acceptors (Lipinski definition) is 3. The Balaban J connectivity index is 2.47. The highest BCUT2D eigenvalue weighted by atomic mass is 16.5. The van der Waals surface area contributed by atoms with Gasteiger partial charge in [0, 0.05) is 25.6 Å². The summed E-state index contributed by atoms with van der Waals surface area (Å²) in [6.45, 7) is 2.50. The number of benzene rings is 1. The number of likely N-dealkylation sites (tertiary alicyclic amines) is 1. The van der Waals surface area contributed by atoms with Crippen molar-refractivity contribution >= 4 is 11.8 Å². The smallest absolute Gasteiger partial charge is 0.225 e. The van der Waals surface area contributed by atoms with Gasteiger partial charge in [-0.05, 0) is 13.0 Å². The van der Waals surface area contributed by atoms with E-state index in [0.29, 0.717) is 12.3 Å². The van der Waals surface area contributed by atoms with E-state index in [1.165, 1.54) is 0 Å². The molecule has 1 saturated heterocycles. The van der Waals surface area contributed by atoms with Gasteiger partial charge < -0.3 is 15.0 Å². The van der Waals surface area contributed by atoms with E-state index in [9.17, 15) is 9.59 Å². The van der Waals surface area contributed by atoms with Gasteiger partial charge in [0.1, 0.15) is 5.75 Å². The van der Waals surface area contributed by atoms with Gasteiger partial charge in [-0.3, -0.25) is 9.59 Å². The first-order valence-electron chi connectivity index (χ1n) is 6.78. The van der Waals surface area contributed by atoms with Gasteiger partial charge in [0.2, 0.25) is 11.8 Å². The van der Waals surface area contributed by atoms with Crippen LogP contribution in [0.15, 0.2) is 24.3 Å². The van der Waals surface area contributed by atoms with Crippen LogP contribution in [0.5, 0.6) is 5.75 Å². The number of carbonyl (C=O) groups excluding carboxylic acids is 2. The molecule has 0 aromatic heterocycles. The quantitative estimate of drug-likeness (QED) is 0.903. The molecule has 5 nitrogen and oxygen atoms in total. The van der Waals surface area contributed by atoms with E-state index in [0.717, 1.165) is 5.56 Å². The molecule has 108 valence electrons. The number of amides is 2. The van der Waals surface area contributed by atoms with Crippen LogP contribution in [-0.2, 0) is 9.59 Å². The van der Waals surface area contributed by atoms with E-state index < -0.39 is 0 Å². The molecule has 2 atom stereocenters. The molecule has 1 fully saturated rings. The third-order valence-corrected chi connectivity index (χ3v) is 3.81. The molecule has 0 bridgehead atoms. The summed E-state index contributed by atoms with van der Waals surface area (Å²) in [4.78, 5) is 25.9. The highest BCUT2D eigenvalue weighted by molar-refractivity contribution is 5.90. The lowest BCUT2D eigenvalue weighted by Gasteiger charge is -2.28. The second kappa shape index (κ2) is 5.94. The Hall–Kier alpha value is -2.04. The molecule has 2 rings (SSSR count). The van der Waals surface area contributed by atoms with E-state index in [1.54, 1.807) is 19.1 Å². The summed E-state index contributed by atoms with van der Waals surface area (Å²) in [6.07, 6.45) is 0.246. The maximum absolute atomic E-state index is 12.1. The number of methoxy groups -OCH3 is 1. The number of para-hydroxylation sites is 1. The summed E-state index contributed by atoms with van der Waals surface area (Å²) in [5.41, 5.74) is 0.885. The van der Waals surface area contributed by atoms with E-state index in [2.05, 4.69) is 5.32 Å². The lowest BCUT2D eigenvalue weighted by Crippen LogP contribution is -2.34. The lowest BCUT2D eigenvalue weighted by molar-refractivity contribution is -0.129. The van der Waals surface area contributed by atoms with Crippen LogP contribution in [0.25, 0.3) is 0 Å². The van der Waals surface area contributed by atoms with E-state index in [-0.39, 0.29) is 30.2 Å². The summed E-state index contributed by atoms with van der Waals surface area (Å²) in [5, 5.41) is 2.65. The maximum atomic E-state index is 12.1. The molecule has 1 aliphatic heterocycles. The van der Waals surface area contributed by atoms with Crippen molar-refractivity contribution in [2.45, 2.75) is 19.4 Å². The number of nitrogens with one attached hydrogen (secondary N) is 1. The van der Waals surface area contributed by atoms with Gasteiger partial charge in [-0.1, -0.05) is 18.2 Å². The predicted molar refractivity (Wildman–Crippen MR) is 75.3 cm³/mol. The summed E-state index contributed by atoms with van der Waals surface area (Å²) in [5.74, 6) is 0.241. The average Bonchev–Trinajstić information content (AvgIpc) is 2.82. The van der Waals surface area contributed by atoms with E-state index >= 15 is 0 Å². The Morgan fingerprint density at radius 1 is 1.45 bits per heavy atom. The molecule has 5 heteroatoms. The number of rotatable bonds is 4. The molecule has 1 heterocycles. The molecule has 1 aromatic rings. The lowest BCUT2D eigenvalue weighted by atomic mass is 9.92. The van der Waals surface area contributed by atoms with Gasteiger partial charge in [-0.25, -0.2) is 0 Å². The zero-order valence-corrected chi connectivity index (χ0v) is 12.1. The molecule has 0 saturated carbocycles. The molecule has 1 aliphatic rings. The Bertz CT molecular complexity index is 514. The van der Waals surface area contributed by atoms with Gasteiger partial charge in [-0.15, -0.1) is 0 Å². The predicted octanol–water partition coefficient (Wildman–Crippen LogP) is 1.35. The second-order valence-electron chi connectivity index (χ2n) is 4.79. The average molecular weight is 276 g/mol. The Kier molecular flexibility index (Phi) is 4.27. The zero-order chi connectivity index (χ0) is 14.7. The van der Waals surface area contributed by atoms with Crippen molar-refractivity contribution in [3.8, 4) is 5.75 Å². The van der Waals surface area contributed by atoms with Crippen LogP contribution in [0.4, 0.5) is 0 Å². The minimum absolute atomic E-state index is 0.0111. The van der Waals surface area contributed by atoms with Crippen molar-refractivity contribution in [2.24, 2.45) is 5.92 Å². The first kappa shape index (κ1) is 14.4. The molecule has 0 spiro atoms. The van der Waals surface area contributed by atoms with Crippen molar-refractivity contribution in [3.05, 3.63) is 29.8 Å². The van der Waals surface area contributed by atoms with Crippen LogP contribution >= 0.6 is 0 Å². The number of hydrogen-bond donors (Lipinski definition) is 1. The topological polar surface area (TPSA) is 58.6 Å². The van der Waals surface area contributed by atoms with Crippen molar-refractivity contribution in [1.82, 2.24) is 10.2 Å². The van der Waals surface area contributed by atoms with Gasteiger partial charge in [0.15, 0.2) is 0 Å². The monoisotopic (exact) mass is 276 g/mol. The minimum atomic E-state index is -0.372.